The zero-order chi connectivity index (χ0) is 22.9. The highest BCUT2D eigenvalue weighted by Gasteiger charge is 2.20. The molecule has 0 amide bonds. The van der Waals surface area contributed by atoms with Crippen LogP contribution in [0.25, 0.3) is 0 Å². The Labute approximate surface area is 188 Å². The maximum Gasteiger partial charge on any atom is 0.304 e. The lowest BCUT2D eigenvalue weighted by Crippen LogP contribution is -2.12. The number of aliphatic carboxylic acids is 1. The summed E-state index contributed by atoms with van der Waals surface area (Å²) in [6.07, 6.45) is 2.60. The molecule has 2 N–H and O–H groups in total. The molecule has 0 saturated carbocycles. The van der Waals surface area contributed by atoms with Crippen LogP contribution in [0, 0.1) is 25.7 Å². The van der Waals surface area contributed by atoms with Crippen molar-refractivity contribution in [3.63, 3.8) is 0 Å². The summed E-state index contributed by atoms with van der Waals surface area (Å²) in [5.74, 6) is 5.06. The average molecular weight is 427 g/mol. The SMILES string of the molecule is Cc1cc(/C(CC(c2ccc(C#CCCC(=O)O)cc2)c2ccccc2C)=N\O)ccn1. The van der Waals surface area contributed by atoms with Crippen LogP contribution in [0.15, 0.2) is 72.0 Å². The lowest BCUT2D eigenvalue weighted by molar-refractivity contribution is -0.136. The third-order valence-corrected chi connectivity index (χ3v) is 5.32. The number of carboxylic acid groups (broad SMARTS) is 1. The predicted octanol–water partition coefficient (Wildman–Crippen LogP) is 5.32. The van der Waals surface area contributed by atoms with E-state index in [4.69, 9.17) is 5.11 Å². The van der Waals surface area contributed by atoms with E-state index in [0.717, 1.165) is 22.4 Å². The summed E-state index contributed by atoms with van der Waals surface area (Å²) in [5, 5.41) is 22.1. The quantitative estimate of drug-likeness (QED) is 0.232. The van der Waals surface area contributed by atoms with Gasteiger partial charge in [0.05, 0.1) is 12.1 Å². The first-order chi connectivity index (χ1) is 15.5. The molecule has 0 aliphatic rings. The monoisotopic (exact) mass is 426 g/mol. The summed E-state index contributed by atoms with van der Waals surface area (Å²) < 4.78 is 0. The van der Waals surface area contributed by atoms with Gasteiger partial charge in [-0.15, -0.1) is 0 Å². The van der Waals surface area contributed by atoms with E-state index in [2.05, 4.69) is 41.0 Å². The lowest BCUT2D eigenvalue weighted by atomic mass is 9.83. The largest absolute Gasteiger partial charge is 0.481 e. The molecule has 1 aromatic heterocycles. The Morgan fingerprint density at radius 2 is 1.84 bits per heavy atom. The summed E-state index contributed by atoms with van der Waals surface area (Å²) in [7, 11) is 0. The van der Waals surface area contributed by atoms with Crippen LogP contribution in [-0.2, 0) is 4.79 Å². The molecule has 3 aromatic rings. The second-order valence-electron chi connectivity index (χ2n) is 7.66. The Kier molecular flexibility index (Phi) is 7.77. The maximum absolute atomic E-state index is 10.6. The standard InChI is InChI=1S/C27H26N2O3/c1-19-7-3-5-9-24(19)25(18-26(29-32)23-15-16-28-20(2)17-23)22-13-11-21(12-14-22)8-4-6-10-27(30)31/h3,5,7,9,11-17,25,32H,6,10,18H2,1-2H3,(H,30,31)/b29-26-. The topological polar surface area (TPSA) is 82.8 Å². The van der Waals surface area contributed by atoms with Crippen molar-refractivity contribution in [1.29, 1.82) is 0 Å². The maximum atomic E-state index is 10.6. The van der Waals surface area contributed by atoms with Crippen molar-refractivity contribution in [2.45, 2.75) is 39.0 Å². The third kappa shape index (κ3) is 6.05. The summed E-state index contributed by atoms with van der Waals surface area (Å²) >= 11 is 0. The van der Waals surface area contributed by atoms with Gasteiger partial charge in [-0.05, 0) is 54.8 Å². The van der Waals surface area contributed by atoms with E-state index in [0.29, 0.717) is 18.6 Å². The van der Waals surface area contributed by atoms with E-state index in [1.165, 1.54) is 11.1 Å². The number of nitrogens with zero attached hydrogens (tertiary/aromatic N) is 2. The van der Waals surface area contributed by atoms with Gasteiger partial charge in [0.15, 0.2) is 0 Å². The Hall–Kier alpha value is -3.91. The highest BCUT2D eigenvalue weighted by atomic mass is 16.4. The van der Waals surface area contributed by atoms with Crippen molar-refractivity contribution in [3.8, 4) is 11.8 Å². The lowest BCUT2D eigenvalue weighted by Gasteiger charge is -2.21. The van der Waals surface area contributed by atoms with Crippen molar-refractivity contribution < 1.29 is 15.1 Å². The molecular weight excluding hydrogens is 400 g/mol. The Morgan fingerprint density at radius 1 is 1.09 bits per heavy atom. The Morgan fingerprint density at radius 3 is 2.50 bits per heavy atom. The van der Waals surface area contributed by atoms with E-state index in [1.807, 2.05) is 55.5 Å². The molecule has 5 nitrogen and oxygen atoms in total. The summed E-state index contributed by atoms with van der Waals surface area (Å²) in [4.78, 5) is 14.9. The summed E-state index contributed by atoms with van der Waals surface area (Å²) in [5.41, 5.74) is 6.56. The normalized spacial score (nSPS) is 12.0. The fraction of sp³-hybridized carbons (Fsp3) is 0.222. The molecule has 0 bridgehead atoms. The highest BCUT2D eigenvalue weighted by Crippen LogP contribution is 2.32. The van der Waals surface area contributed by atoms with Gasteiger partial charge in [-0.25, -0.2) is 0 Å². The molecule has 0 spiro atoms. The smallest absolute Gasteiger partial charge is 0.304 e. The van der Waals surface area contributed by atoms with Crippen LogP contribution in [0.3, 0.4) is 0 Å². The van der Waals surface area contributed by atoms with Crippen LogP contribution in [0.4, 0.5) is 0 Å². The number of rotatable bonds is 7. The minimum atomic E-state index is -0.846. The molecule has 0 fully saturated rings. The van der Waals surface area contributed by atoms with Crippen LogP contribution in [-0.4, -0.2) is 27.0 Å². The first-order valence-electron chi connectivity index (χ1n) is 10.5. The van der Waals surface area contributed by atoms with Gasteiger partial charge in [0.2, 0.25) is 0 Å². The molecule has 5 heteroatoms. The van der Waals surface area contributed by atoms with Gasteiger partial charge < -0.3 is 10.3 Å². The van der Waals surface area contributed by atoms with Crippen molar-refractivity contribution in [1.82, 2.24) is 4.98 Å². The van der Waals surface area contributed by atoms with Gasteiger partial charge in [0.1, 0.15) is 0 Å². The number of hydrogen-bond acceptors (Lipinski definition) is 4. The van der Waals surface area contributed by atoms with Gasteiger partial charge in [0.25, 0.3) is 0 Å². The highest BCUT2D eigenvalue weighted by molar-refractivity contribution is 6.01. The number of carboxylic acids is 1. The van der Waals surface area contributed by atoms with Crippen molar-refractivity contribution in [3.05, 3.63) is 100 Å². The van der Waals surface area contributed by atoms with Crippen molar-refractivity contribution in [2.75, 3.05) is 0 Å². The van der Waals surface area contributed by atoms with E-state index in [9.17, 15) is 10.0 Å². The summed E-state index contributed by atoms with van der Waals surface area (Å²) in [6.45, 7) is 3.99. The first-order valence-corrected chi connectivity index (χ1v) is 10.5. The second-order valence-corrected chi connectivity index (χ2v) is 7.66. The van der Waals surface area contributed by atoms with E-state index in [-0.39, 0.29) is 12.3 Å². The van der Waals surface area contributed by atoms with Crippen LogP contribution < -0.4 is 0 Å². The van der Waals surface area contributed by atoms with Crippen molar-refractivity contribution in [2.24, 2.45) is 5.16 Å². The number of carbonyl (C=O) groups is 1. The molecule has 2 aromatic carbocycles. The molecule has 3 rings (SSSR count). The van der Waals surface area contributed by atoms with E-state index in [1.54, 1.807) is 6.20 Å². The van der Waals surface area contributed by atoms with Gasteiger partial charge in [-0.3, -0.25) is 9.78 Å². The van der Waals surface area contributed by atoms with Crippen LogP contribution >= 0.6 is 0 Å². The molecule has 162 valence electrons. The molecule has 1 unspecified atom stereocenters. The average Bonchev–Trinajstić information content (AvgIpc) is 2.79. The summed E-state index contributed by atoms with van der Waals surface area (Å²) in [6, 6.07) is 19.9. The van der Waals surface area contributed by atoms with Crippen LogP contribution in [0.5, 0.6) is 0 Å². The molecular formula is C27H26N2O3. The minimum Gasteiger partial charge on any atom is -0.481 e. The Balaban J connectivity index is 1.92. The van der Waals surface area contributed by atoms with Crippen molar-refractivity contribution >= 4 is 11.7 Å². The Bertz CT molecular complexity index is 1170. The zero-order valence-electron chi connectivity index (χ0n) is 18.2. The van der Waals surface area contributed by atoms with Gasteiger partial charge >= 0.3 is 5.97 Å². The van der Waals surface area contributed by atoms with Crippen LogP contribution in [0.1, 0.15) is 58.7 Å². The molecule has 0 aliphatic carbocycles. The zero-order valence-corrected chi connectivity index (χ0v) is 18.2. The van der Waals surface area contributed by atoms with E-state index >= 15 is 0 Å². The molecule has 1 heterocycles. The number of pyridine rings is 1. The number of aromatic nitrogens is 1. The molecule has 0 radical (unpaired) electrons. The second kappa shape index (κ2) is 10.9. The number of benzene rings is 2. The molecule has 32 heavy (non-hydrogen) atoms. The van der Waals surface area contributed by atoms with Crippen LogP contribution in [0.2, 0.25) is 0 Å². The molecule has 1 atom stereocenters. The first kappa shape index (κ1) is 22.8. The van der Waals surface area contributed by atoms with Gasteiger partial charge in [0, 0.05) is 41.8 Å². The predicted molar refractivity (Wildman–Crippen MR) is 125 cm³/mol. The fourth-order valence-electron chi connectivity index (χ4n) is 3.65. The van der Waals surface area contributed by atoms with E-state index < -0.39 is 5.97 Å². The number of aryl methyl sites for hydroxylation is 2. The van der Waals surface area contributed by atoms with Gasteiger partial charge in [-0.1, -0.05) is 53.4 Å². The minimum absolute atomic E-state index is 0.00964. The molecule has 0 aliphatic heterocycles. The van der Waals surface area contributed by atoms with Gasteiger partial charge in [-0.2, -0.15) is 0 Å². The number of hydrogen-bond donors (Lipinski definition) is 2. The molecule has 0 saturated heterocycles. The fourth-order valence-corrected chi connectivity index (χ4v) is 3.65. The third-order valence-electron chi connectivity index (χ3n) is 5.32. The number of oxime groups is 1.